The quantitative estimate of drug-likeness (QED) is 0.608. The number of rotatable bonds is 7. The van der Waals surface area contributed by atoms with Crippen LogP contribution in [-0.4, -0.2) is 28.8 Å². The molecule has 7 heteroatoms. The fraction of sp³-hybridized carbons (Fsp3) is 0.261. The summed E-state index contributed by atoms with van der Waals surface area (Å²) in [4.78, 5) is 25.1. The summed E-state index contributed by atoms with van der Waals surface area (Å²) in [6.45, 7) is 5.80. The fourth-order valence-corrected chi connectivity index (χ4v) is 2.87. The van der Waals surface area contributed by atoms with Crippen molar-refractivity contribution in [2.75, 3.05) is 13.2 Å². The molecule has 1 heterocycles. The van der Waals surface area contributed by atoms with Gasteiger partial charge in [0.25, 0.3) is 5.56 Å². The third kappa shape index (κ3) is 4.92. The monoisotopic (exact) mass is 409 g/mol. The topological polar surface area (TPSA) is 73.2 Å². The van der Waals surface area contributed by atoms with Crippen molar-refractivity contribution in [3.8, 4) is 17.0 Å². The van der Waals surface area contributed by atoms with Crippen molar-refractivity contribution in [3.63, 3.8) is 0 Å². The molecule has 1 amide bonds. The molecular weight excluding hydrogens is 385 g/mol. The first kappa shape index (κ1) is 21.2. The Hall–Kier alpha value is -3.48. The third-order valence-corrected chi connectivity index (χ3v) is 4.70. The number of nitrogens with zero attached hydrogens (tertiary/aromatic N) is 2. The van der Waals surface area contributed by atoms with E-state index in [1.807, 2.05) is 31.2 Å². The first-order chi connectivity index (χ1) is 14.3. The molecule has 30 heavy (non-hydrogen) atoms. The SMILES string of the molecule is Cc1ccc(OCCNC(=O)C(C)(C)n2nc(-c3ccc(F)cc3)ccc2=O)cc1. The molecule has 0 saturated heterocycles. The molecule has 0 fully saturated rings. The van der Waals surface area contributed by atoms with E-state index in [0.29, 0.717) is 17.9 Å². The van der Waals surface area contributed by atoms with Gasteiger partial charge in [0.1, 0.15) is 23.7 Å². The second kappa shape index (κ2) is 8.90. The molecule has 0 bridgehead atoms. The van der Waals surface area contributed by atoms with Crippen molar-refractivity contribution in [1.29, 1.82) is 0 Å². The van der Waals surface area contributed by atoms with E-state index in [4.69, 9.17) is 4.74 Å². The van der Waals surface area contributed by atoms with Crippen LogP contribution in [0.4, 0.5) is 4.39 Å². The number of ether oxygens (including phenoxy) is 1. The van der Waals surface area contributed by atoms with Gasteiger partial charge in [0.15, 0.2) is 0 Å². The standard InChI is InChI=1S/C23H24FN3O3/c1-16-4-10-19(11-5-16)30-15-14-25-22(29)23(2,3)27-21(28)13-12-20(26-27)17-6-8-18(24)9-7-17/h4-13H,14-15H2,1-3H3,(H,25,29). The lowest BCUT2D eigenvalue weighted by Gasteiger charge is -2.25. The number of nitrogens with one attached hydrogen (secondary N) is 1. The Balaban J connectivity index is 1.68. The van der Waals surface area contributed by atoms with Crippen molar-refractivity contribution in [2.45, 2.75) is 26.3 Å². The third-order valence-electron chi connectivity index (χ3n) is 4.70. The number of aryl methyl sites for hydroxylation is 1. The zero-order chi connectivity index (χ0) is 21.7. The second-order valence-electron chi connectivity index (χ2n) is 7.45. The summed E-state index contributed by atoms with van der Waals surface area (Å²) < 4.78 is 19.9. The molecular formula is C23H24FN3O3. The first-order valence-corrected chi connectivity index (χ1v) is 9.62. The van der Waals surface area contributed by atoms with Gasteiger partial charge < -0.3 is 10.1 Å². The van der Waals surface area contributed by atoms with Gasteiger partial charge in [-0.2, -0.15) is 5.10 Å². The van der Waals surface area contributed by atoms with Crippen LogP contribution in [0.3, 0.4) is 0 Å². The minimum atomic E-state index is -1.23. The summed E-state index contributed by atoms with van der Waals surface area (Å²) in [5, 5.41) is 7.12. The number of benzene rings is 2. The Labute approximate surface area is 174 Å². The molecule has 0 aliphatic heterocycles. The first-order valence-electron chi connectivity index (χ1n) is 9.62. The molecule has 1 aromatic heterocycles. The average molecular weight is 409 g/mol. The van der Waals surface area contributed by atoms with Gasteiger partial charge in [0.05, 0.1) is 12.2 Å². The molecule has 0 aliphatic rings. The van der Waals surface area contributed by atoms with E-state index in [0.717, 1.165) is 16.0 Å². The number of halogens is 1. The molecule has 156 valence electrons. The molecule has 6 nitrogen and oxygen atoms in total. The molecule has 2 aromatic carbocycles. The van der Waals surface area contributed by atoms with Gasteiger partial charge in [-0.15, -0.1) is 0 Å². The van der Waals surface area contributed by atoms with Crippen molar-refractivity contribution in [3.05, 3.63) is 82.4 Å². The Bertz CT molecular complexity index is 1070. The Kier molecular flexibility index (Phi) is 6.30. The van der Waals surface area contributed by atoms with Crippen molar-refractivity contribution >= 4 is 5.91 Å². The maximum Gasteiger partial charge on any atom is 0.267 e. The molecule has 0 radical (unpaired) electrons. The van der Waals surface area contributed by atoms with Crippen molar-refractivity contribution in [2.24, 2.45) is 0 Å². The van der Waals surface area contributed by atoms with E-state index in [1.165, 1.54) is 18.2 Å². The fourth-order valence-electron chi connectivity index (χ4n) is 2.87. The minimum absolute atomic E-state index is 0.280. The Morgan fingerprint density at radius 1 is 1.07 bits per heavy atom. The number of amides is 1. The number of hydrogen-bond acceptors (Lipinski definition) is 4. The largest absolute Gasteiger partial charge is 0.492 e. The second-order valence-corrected chi connectivity index (χ2v) is 7.45. The van der Waals surface area contributed by atoms with Gasteiger partial charge in [-0.25, -0.2) is 9.07 Å². The Morgan fingerprint density at radius 3 is 2.40 bits per heavy atom. The zero-order valence-corrected chi connectivity index (χ0v) is 17.2. The summed E-state index contributed by atoms with van der Waals surface area (Å²) in [6, 6.07) is 16.3. The molecule has 0 atom stereocenters. The van der Waals surface area contributed by atoms with E-state index in [1.54, 1.807) is 32.0 Å². The highest BCUT2D eigenvalue weighted by molar-refractivity contribution is 5.83. The van der Waals surface area contributed by atoms with Crippen molar-refractivity contribution < 1.29 is 13.9 Å². The van der Waals surface area contributed by atoms with E-state index >= 15 is 0 Å². The smallest absolute Gasteiger partial charge is 0.267 e. The number of aromatic nitrogens is 2. The van der Waals surface area contributed by atoms with E-state index in [-0.39, 0.29) is 18.3 Å². The van der Waals surface area contributed by atoms with E-state index in [2.05, 4.69) is 10.4 Å². The number of hydrogen-bond donors (Lipinski definition) is 1. The van der Waals surface area contributed by atoms with Crippen LogP contribution in [0, 0.1) is 12.7 Å². The van der Waals surface area contributed by atoms with Crippen LogP contribution in [0.5, 0.6) is 5.75 Å². The lowest BCUT2D eigenvalue weighted by molar-refractivity contribution is -0.129. The lowest BCUT2D eigenvalue weighted by Crippen LogP contribution is -2.50. The predicted octanol–water partition coefficient (Wildman–Crippen LogP) is 3.29. The van der Waals surface area contributed by atoms with Crippen LogP contribution in [0.1, 0.15) is 19.4 Å². The molecule has 3 rings (SSSR count). The molecule has 0 saturated carbocycles. The van der Waals surface area contributed by atoms with Crippen LogP contribution in [0.25, 0.3) is 11.3 Å². The molecule has 0 aliphatic carbocycles. The number of carbonyl (C=O) groups is 1. The lowest BCUT2D eigenvalue weighted by atomic mass is 10.0. The van der Waals surface area contributed by atoms with Gasteiger partial charge in [0.2, 0.25) is 5.91 Å². The molecule has 1 N–H and O–H groups in total. The maximum absolute atomic E-state index is 13.2. The predicted molar refractivity (Wildman–Crippen MR) is 113 cm³/mol. The summed E-state index contributed by atoms with van der Waals surface area (Å²) in [5.74, 6) is -0.000470. The van der Waals surface area contributed by atoms with Gasteiger partial charge in [0, 0.05) is 11.6 Å². The van der Waals surface area contributed by atoms with E-state index in [9.17, 15) is 14.0 Å². The van der Waals surface area contributed by atoms with Gasteiger partial charge in [-0.3, -0.25) is 9.59 Å². The summed E-state index contributed by atoms with van der Waals surface area (Å²) >= 11 is 0. The summed E-state index contributed by atoms with van der Waals surface area (Å²) in [6.07, 6.45) is 0. The van der Waals surface area contributed by atoms with Gasteiger partial charge in [-0.05, 0) is 63.2 Å². The number of carbonyl (C=O) groups excluding carboxylic acids is 1. The molecule has 3 aromatic rings. The molecule has 0 spiro atoms. The van der Waals surface area contributed by atoms with Crippen LogP contribution in [-0.2, 0) is 10.3 Å². The van der Waals surface area contributed by atoms with Crippen LogP contribution >= 0.6 is 0 Å². The van der Waals surface area contributed by atoms with Crippen LogP contribution in [0.15, 0.2) is 65.5 Å². The Morgan fingerprint density at radius 2 is 1.73 bits per heavy atom. The van der Waals surface area contributed by atoms with Crippen molar-refractivity contribution in [1.82, 2.24) is 15.1 Å². The molecule has 0 unspecified atom stereocenters. The summed E-state index contributed by atoms with van der Waals surface area (Å²) in [7, 11) is 0. The van der Waals surface area contributed by atoms with Crippen LogP contribution < -0.4 is 15.6 Å². The minimum Gasteiger partial charge on any atom is -0.492 e. The average Bonchev–Trinajstić information content (AvgIpc) is 2.73. The highest BCUT2D eigenvalue weighted by Crippen LogP contribution is 2.18. The zero-order valence-electron chi connectivity index (χ0n) is 17.2. The highest BCUT2D eigenvalue weighted by Gasteiger charge is 2.32. The van der Waals surface area contributed by atoms with Gasteiger partial charge in [-0.1, -0.05) is 17.7 Å². The van der Waals surface area contributed by atoms with Gasteiger partial charge >= 0.3 is 0 Å². The van der Waals surface area contributed by atoms with Crippen LogP contribution in [0.2, 0.25) is 0 Å². The normalized spacial score (nSPS) is 11.2. The highest BCUT2D eigenvalue weighted by atomic mass is 19.1. The summed E-state index contributed by atoms with van der Waals surface area (Å²) in [5.41, 5.74) is 0.623. The van der Waals surface area contributed by atoms with E-state index < -0.39 is 11.1 Å². The maximum atomic E-state index is 13.2.